The van der Waals surface area contributed by atoms with Crippen LogP contribution in [0.3, 0.4) is 0 Å². The van der Waals surface area contributed by atoms with Crippen LogP contribution in [-0.4, -0.2) is 30.9 Å². The second kappa shape index (κ2) is 9.44. The topological polar surface area (TPSA) is 68.5 Å². The number of rotatable bonds is 7. The molecule has 1 heterocycles. The number of hydrogen-bond acceptors (Lipinski definition) is 5. The molecule has 0 atom stereocenters. The number of sulfone groups is 1. The van der Waals surface area contributed by atoms with Gasteiger partial charge in [-0.05, 0) is 30.0 Å². The maximum atomic E-state index is 12.4. The van der Waals surface area contributed by atoms with E-state index in [1.165, 1.54) is 11.3 Å². The van der Waals surface area contributed by atoms with Crippen molar-refractivity contribution in [1.29, 1.82) is 0 Å². The van der Waals surface area contributed by atoms with Crippen molar-refractivity contribution in [3.63, 3.8) is 0 Å². The third kappa shape index (κ3) is 5.60. The molecule has 5 nitrogen and oxygen atoms in total. The lowest BCUT2D eigenvalue weighted by Crippen LogP contribution is -2.18. The molecule has 0 saturated heterocycles. The minimum atomic E-state index is -3.40. The highest BCUT2D eigenvalue weighted by atomic mass is 32.2. The quantitative estimate of drug-likeness (QED) is 0.413. The second-order valence-corrected chi connectivity index (χ2v) is 10.4. The summed E-state index contributed by atoms with van der Waals surface area (Å²) in [6.45, 7) is 0.289. The Morgan fingerprint density at radius 3 is 2.69 bits per heavy atom. The molecule has 1 aromatic heterocycles. The molecule has 0 radical (unpaired) electrons. The van der Waals surface area contributed by atoms with Crippen molar-refractivity contribution in [2.24, 2.45) is 4.99 Å². The van der Waals surface area contributed by atoms with Gasteiger partial charge in [0, 0.05) is 11.3 Å². The smallest absolute Gasteiger partial charge is 0.249 e. The zero-order valence-electron chi connectivity index (χ0n) is 15.9. The third-order valence-electron chi connectivity index (χ3n) is 4.22. The monoisotopic (exact) mass is 444 g/mol. The molecule has 0 N–H and O–H groups in total. The number of thioether (sulfide) groups is 1. The van der Waals surface area contributed by atoms with Gasteiger partial charge in [-0.3, -0.25) is 4.79 Å². The zero-order valence-corrected chi connectivity index (χ0v) is 18.3. The summed E-state index contributed by atoms with van der Waals surface area (Å²) in [5, 5.41) is 0. The Morgan fingerprint density at radius 2 is 2.00 bits per heavy atom. The SMILES string of the molecule is C#CCn1c(=NC(=O)CCS(=O)(=O)Cc2ccccc2)sc2cc(SC)ccc21. The van der Waals surface area contributed by atoms with Crippen LogP contribution < -0.4 is 4.80 Å². The van der Waals surface area contributed by atoms with Gasteiger partial charge in [-0.1, -0.05) is 47.6 Å². The minimum absolute atomic E-state index is 0.0848. The van der Waals surface area contributed by atoms with E-state index in [0.717, 1.165) is 15.1 Å². The lowest BCUT2D eigenvalue weighted by molar-refractivity contribution is -0.117. The van der Waals surface area contributed by atoms with Crippen LogP contribution >= 0.6 is 23.1 Å². The van der Waals surface area contributed by atoms with E-state index in [2.05, 4.69) is 10.9 Å². The molecular formula is C21H20N2O3S3. The predicted molar refractivity (Wildman–Crippen MR) is 120 cm³/mol. The van der Waals surface area contributed by atoms with Crippen LogP contribution in [0.5, 0.6) is 0 Å². The van der Waals surface area contributed by atoms with Crippen LogP contribution in [0.25, 0.3) is 10.2 Å². The highest BCUT2D eigenvalue weighted by Gasteiger charge is 2.15. The number of hydrogen-bond donors (Lipinski definition) is 0. The summed E-state index contributed by atoms with van der Waals surface area (Å²) in [6.07, 6.45) is 7.32. The van der Waals surface area contributed by atoms with Crippen LogP contribution in [0.2, 0.25) is 0 Å². The molecule has 8 heteroatoms. The molecular weight excluding hydrogens is 424 g/mol. The molecule has 1 amide bonds. The number of aromatic nitrogens is 1. The van der Waals surface area contributed by atoms with Crippen molar-refractivity contribution in [2.75, 3.05) is 12.0 Å². The van der Waals surface area contributed by atoms with E-state index >= 15 is 0 Å². The van der Waals surface area contributed by atoms with E-state index in [1.54, 1.807) is 40.6 Å². The van der Waals surface area contributed by atoms with Crippen molar-refractivity contribution in [3.8, 4) is 12.3 Å². The van der Waals surface area contributed by atoms with Gasteiger partial charge < -0.3 is 4.57 Å². The fourth-order valence-electron chi connectivity index (χ4n) is 2.82. The lowest BCUT2D eigenvalue weighted by Gasteiger charge is -2.03. The lowest BCUT2D eigenvalue weighted by atomic mass is 10.2. The van der Waals surface area contributed by atoms with Gasteiger partial charge in [0.2, 0.25) is 5.91 Å². The van der Waals surface area contributed by atoms with Crippen LogP contribution in [0.4, 0.5) is 0 Å². The number of carbonyl (C=O) groups excluding carboxylic acids is 1. The van der Waals surface area contributed by atoms with E-state index < -0.39 is 15.7 Å². The summed E-state index contributed by atoms with van der Waals surface area (Å²) in [5.74, 6) is 1.80. The number of amides is 1. The van der Waals surface area contributed by atoms with Crippen molar-refractivity contribution < 1.29 is 13.2 Å². The number of terminal acetylenes is 1. The molecule has 3 aromatic rings. The Morgan fingerprint density at radius 1 is 1.24 bits per heavy atom. The molecule has 0 saturated carbocycles. The van der Waals surface area contributed by atoms with E-state index in [1.807, 2.05) is 30.5 Å². The highest BCUT2D eigenvalue weighted by molar-refractivity contribution is 7.98. The Bertz CT molecular complexity index is 1230. The van der Waals surface area contributed by atoms with Crippen LogP contribution in [-0.2, 0) is 26.9 Å². The first-order valence-electron chi connectivity index (χ1n) is 8.84. The highest BCUT2D eigenvalue weighted by Crippen LogP contribution is 2.24. The average molecular weight is 445 g/mol. The van der Waals surface area contributed by atoms with Crippen LogP contribution in [0.15, 0.2) is 58.4 Å². The first-order valence-corrected chi connectivity index (χ1v) is 12.7. The van der Waals surface area contributed by atoms with Gasteiger partial charge in [0.15, 0.2) is 14.6 Å². The standard InChI is InChI=1S/C21H20N2O3S3/c1-3-12-23-18-10-9-17(27-2)14-19(18)28-21(23)22-20(24)11-13-29(25,26)15-16-7-5-4-6-8-16/h1,4-10,14H,11-13,15H2,2H3. The molecule has 2 aromatic carbocycles. The molecule has 3 rings (SSSR count). The number of carbonyl (C=O) groups is 1. The van der Waals surface area contributed by atoms with Crippen LogP contribution in [0.1, 0.15) is 12.0 Å². The average Bonchev–Trinajstić information content (AvgIpc) is 3.03. The minimum Gasteiger partial charge on any atom is -0.305 e. The van der Waals surface area contributed by atoms with E-state index in [0.29, 0.717) is 10.4 Å². The Hall–Kier alpha value is -2.34. The number of nitrogens with zero attached hydrogens (tertiary/aromatic N) is 2. The summed E-state index contributed by atoms with van der Waals surface area (Å²) < 4.78 is 27.4. The van der Waals surface area contributed by atoms with E-state index in [9.17, 15) is 13.2 Å². The fourth-order valence-corrected chi connectivity index (χ4v) is 5.75. The van der Waals surface area contributed by atoms with Gasteiger partial charge in [0.25, 0.3) is 0 Å². The van der Waals surface area contributed by atoms with Gasteiger partial charge in [0.1, 0.15) is 0 Å². The van der Waals surface area contributed by atoms with Crippen molar-refractivity contribution in [1.82, 2.24) is 4.57 Å². The molecule has 0 aliphatic heterocycles. The first kappa shape index (κ1) is 21.4. The summed E-state index contributed by atoms with van der Waals surface area (Å²) >= 11 is 3.01. The predicted octanol–water partition coefficient (Wildman–Crippen LogP) is 3.49. The molecule has 0 spiro atoms. The third-order valence-corrected chi connectivity index (χ3v) is 7.58. The summed E-state index contributed by atoms with van der Waals surface area (Å²) in [7, 11) is -3.40. The van der Waals surface area contributed by atoms with Gasteiger partial charge in [-0.15, -0.1) is 18.2 Å². The van der Waals surface area contributed by atoms with Crippen LogP contribution in [0, 0.1) is 12.3 Å². The molecule has 0 bridgehead atoms. The molecule has 150 valence electrons. The molecule has 0 unspecified atom stereocenters. The summed E-state index contributed by atoms with van der Waals surface area (Å²) in [6, 6.07) is 14.9. The Balaban J connectivity index is 1.80. The second-order valence-electron chi connectivity index (χ2n) is 6.34. The van der Waals surface area contributed by atoms with Gasteiger partial charge in [0.05, 0.1) is 28.3 Å². The van der Waals surface area contributed by atoms with Crippen molar-refractivity contribution in [2.45, 2.75) is 23.6 Å². The number of thiazole rings is 1. The maximum Gasteiger partial charge on any atom is 0.249 e. The largest absolute Gasteiger partial charge is 0.305 e. The number of benzene rings is 2. The zero-order chi connectivity index (χ0) is 20.9. The fraction of sp³-hybridized carbons (Fsp3) is 0.238. The van der Waals surface area contributed by atoms with Crippen molar-refractivity contribution in [3.05, 3.63) is 58.9 Å². The Labute approximate surface area is 178 Å². The van der Waals surface area contributed by atoms with Gasteiger partial charge in [-0.25, -0.2) is 8.42 Å². The van der Waals surface area contributed by atoms with Crippen molar-refractivity contribution >= 4 is 49.1 Å². The molecule has 0 aliphatic rings. The summed E-state index contributed by atoms with van der Waals surface area (Å²) in [4.78, 5) is 18.1. The number of fused-ring (bicyclic) bond motifs is 1. The molecule has 29 heavy (non-hydrogen) atoms. The molecule has 0 aliphatic carbocycles. The summed E-state index contributed by atoms with van der Waals surface area (Å²) in [5.41, 5.74) is 1.62. The Kier molecular flexibility index (Phi) is 6.96. The normalized spacial score (nSPS) is 12.2. The maximum absolute atomic E-state index is 12.4. The van der Waals surface area contributed by atoms with Gasteiger partial charge in [-0.2, -0.15) is 4.99 Å². The molecule has 0 fully saturated rings. The first-order chi connectivity index (χ1) is 13.9. The van der Waals surface area contributed by atoms with Gasteiger partial charge >= 0.3 is 0 Å². The van der Waals surface area contributed by atoms with E-state index in [4.69, 9.17) is 6.42 Å². The van der Waals surface area contributed by atoms with E-state index in [-0.39, 0.29) is 24.5 Å².